The van der Waals surface area contributed by atoms with Crippen LogP contribution in [-0.4, -0.2) is 20.2 Å². The Balaban J connectivity index is 1.89. The van der Waals surface area contributed by atoms with Gasteiger partial charge in [-0.15, -0.1) is 0 Å². The molecule has 0 spiro atoms. The third kappa shape index (κ3) is 1.49. The Labute approximate surface area is 104 Å². The highest BCUT2D eigenvalue weighted by Crippen LogP contribution is 2.38. The smallest absolute Gasteiger partial charge is 0.181 e. The van der Waals surface area contributed by atoms with Crippen molar-refractivity contribution < 1.29 is 0 Å². The first-order valence-corrected chi connectivity index (χ1v) is 6.18. The molecule has 4 nitrogen and oxygen atoms in total. The minimum atomic E-state index is 0.597. The molecule has 0 aliphatic heterocycles. The van der Waals surface area contributed by atoms with Gasteiger partial charge in [-0.1, -0.05) is 18.2 Å². The highest BCUT2D eigenvalue weighted by atomic mass is 15.2. The van der Waals surface area contributed by atoms with E-state index in [0.29, 0.717) is 5.92 Å². The number of hydrogen-bond acceptors (Lipinski definition) is 3. The van der Waals surface area contributed by atoms with E-state index in [1.807, 2.05) is 30.5 Å². The predicted molar refractivity (Wildman–Crippen MR) is 69.1 cm³/mol. The van der Waals surface area contributed by atoms with E-state index in [9.17, 15) is 0 Å². The van der Waals surface area contributed by atoms with Crippen LogP contribution in [0.5, 0.6) is 0 Å². The summed E-state index contributed by atoms with van der Waals surface area (Å²) in [5.41, 5.74) is 2.02. The molecule has 2 aromatic heterocycles. The molecule has 0 radical (unpaired) electrons. The molecule has 0 unspecified atom stereocenters. The van der Waals surface area contributed by atoms with Gasteiger partial charge in [0.05, 0.1) is 5.52 Å². The molecule has 1 saturated carbocycles. The van der Waals surface area contributed by atoms with Crippen LogP contribution in [0.25, 0.3) is 22.3 Å². The molecule has 0 saturated heterocycles. The van der Waals surface area contributed by atoms with E-state index in [1.54, 1.807) is 0 Å². The summed E-state index contributed by atoms with van der Waals surface area (Å²) in [5, 5.41) is 8.48. The van der Waals surface area contributed by atoms with Gasteiger partial charge < -0.3 is 0 Å². The third-order valence-corrected chi connectivity index (χ3v) is 3.36. The van der Waals surface area contributed by atoms with Gasteiger partial charge in [0.2, 0.25) is 0 Å². The second-order valence-electron chi connectivity index (χ2n) is 4.69. The van der Waals surface area contributed by atoms with Gasteiger partial charge >= 0.3 is 0 Å². The van der Waals surface area contributed by atoms with Gasteiger partial charge in [-0.05, 0) is 25.0 Å². The standard InChI is InChI=1S/C14H12N4/c1-2-4-12-10(3-1)11(7-8-15-12)14-16-13(17-18-14)9-5-6-9/h1-4,7-9H,5-6H2,(H,16,17,18). The summed E-state index contributed by atoms with van der Waals surface area (Å²) in [5.74, 6) is 2.39. The molecule has 1 aliphatic carbocycles. The van der Waals surface area contributed by atoms with E-state index in [-0.39, 0.29) is 0 Å². The largest absolute Gasteiger partial charge is 0.262 e. The molecular formula is C14H12N4. The fourth-order valence-electron chi connectivity index (χ4n) is 2.22. The van der Waals surface area contributed by atoms with E-state index in [0.717, 1.165) is 28.1 Å². The third-order valence-electron chi connectivity index (χ3n) is 3.36. The van der Waals surface area contributed by atoms with Crippen LogP contribution in [0.3, 0.4) is 0 Å². The van der Waals surface area contributed by atoms with Crippen molar-refractivity contribution in [1.82, 2.24) is 20.2 Å². The highest BCUT2D eigenvalue weighted by molar-refractivity contribution is 5.92. The zero-order valence-electron chi connectivity index (χ0n) is 9.80. The molecule has 0 bridgehead atoms. The van der Waals surface area contributed by atoms with E-state index in [2.05, 4.69) is 26.2 Å². The summed E-state index contributed by atoms with van der Waals surface area (Å²) < 4.78 is 0. The maximum absolute atomic E-state index is 4.60. The number of aromatic nitrogens is 4. The van der Waals surface area contributed by atoms with Crippen molar-refractivity contribution in [2.24, 2.45) is 0 Å². The first-order chi connectivity index (χ1) is 8.92. The molecule has 88 valence electrons. The fourth-order valence-corrected chi connectivity index (χ4v) is 2.22. The number of benzene rings is 1. The Bertz CT molecular complexity index is 707. The van der Waals surface area contributed by atoms with Crippen molar-refractivity contribution in [3.63, 3.8) is 0 Å². The van der Waals surface area contributed by atoms with Crippen LogP contribution in [0, 0.1) is 0 Å². The van der Waals surface area contributed by atoms with E-state index >= 15 is 0 Å². The van der Waals surface area contributed by atoms with Gasteiger partial charge in [-0.2, -0.15) is 5.10 Å². The molecule has 0 amide bonds. The number of rotatable bonds is 2. The van der Waals surface area contributed by atoms with Crippen LogP contribution in [0.4, 0.5) is 0 Å². The number of fused-ring (bicyclic) bond motifs is 1. The fraction of sp³-hybridized carbons (Fsp3) is 0.214. The van der Waals surface area contributed by atoms with Gasteiger partial charge in [0.15, 0.2) is 5.82 Å². The SMILES string of the molecule is c1ccc2c(-c3n[nH]c(C4CC4)n3)ccnc2c1. The first-order valence-electron chi connectivity index (χ1n) is 6.18. The maximum Gasteiger partial charge on any atom is 0.181 e. The molecule has 0 atom stereocenters. The van der Waals surface area contributed by atoms with Crippen LogP contribution in [0.2, 0.25) is 0 Å². The Kier molecular flexibility index (Phi) is 1.97. The summed E-state index contributed by atoms with van der Waals surface area (Å²) in [7, 11) is 0. The van der Waals surface area contributed by atoms with Gasteiger partial charge in [-0.25, -0.2) is 4.98 Å². The van der Waals surface area contributed by atoms with Crippen molar-refractivity contribution >= 4 is 10.9 Å². The van der Waals surface area contributed by atoms with Crippen LogP contribution in [-0.2, 0) is 0 Å². The summed E-state index contributed by atoms with van der Waals surface area (Å²) in [6.45, 7) is 0. The average molecular weight is 236 g/mol. The topological polar surface area (TPSA) is 54.5 Å². The number of H-pyrrole nitrogens is 1. The van der Waals surface area contributed by atoms with Crippen LogP contribution >= 0.6 is 0 Å². The van der Waals surface area contributed by atoms with Crippen molar-refractivity contribution in [1.29, 1.82) is 0 Å². The Morgan fingerprint density at radius 3 is 2.89 bits per heavy atom. The van der Waals surface area contributed by atoms with Crippen molar-refractivity contribution in [2.45, 2.75) is 18.8 Å². The molecule has 1 aliphatic rings. The van der Waals surface area contributed by atoms with E-state index in [4.69, 9.17) is 0 Å². The number of para-hydroxylation sites is 1. The lowest BCUT2D eigenvalue weighted by atomic mass is 10.1. The zero-order chi connectivity index (χ0) is 11.9. The zero-order valence-corrected chi connectivity index (χ0v) is 9.80. The number of aromatic amines is 1. The van der Waals surface area contributed by atoms with Crippen molar-refractivity contribution in [3.05, 3.63) is 42.4 Å². The number of pyridine rings is 1. The monoisotopic (exact) mass is 236 g/mol. The van der Waals surface area contributed by atoms with Gasteiger partial charge in [0, 0.05) is 23.1 Å². The maximum atomic E-state index is 4.60. The van der Waals surface area contributed by atoms with Crippen molar-refractivity contribution in [3.8, 4) is 11.4 Å². The minimum absolute atomic E-state index is 0.597. The first kappa shape index (κ1) is 9.76. The normalized spacial score (nSPS) is 15.1. The summed E-state index contributed by atoms with van der Waals surface area (Å²) in [6, 6.07) is 10.1. The van der Waals surface area contributed by atoms with Crippen LogP contribution in [0.1, 0.15) is 24.6 Å². The second kappa shape index (κ2) is 3.63. The predicted octanol–water partition coefficient (Wildman–Crippen LogP) is 2.90. The Morgan fingerprint density at radius 1 is 1.11 bits per heavy atom. The van der Waals surface area contributed by atoms with Crippen LogP contribution < -0.4 is 0 Å². The number of nitrogens with one attached hydrogen (secondary N) is 1. The Hall–Kier alpha value is -2.23. The second-order valence-corrected chi connectivity index (χ2v) is 4.69. The number of hydrogen-bond donors (Lipinski definition) is 1. The summed E-state index contributed by atoms with van der Waals surface area (Å²) in [4.78, 5) is 8.95. The Morgan fingerprint density at radius 2 is 2.00 bits per heavy atom. The van der Waals surface area contributed by atoms with Crippen LogP contribution in [0.15, 0.2) is 36.5 Å². The molecular weight excluding hydrogens is 224 g/mol. The highest BCUT2D eigenvalue weighted by Gasteiger charge is 2.27. The molecule has 4 heteroatoms. The molecule has 1 fully saturated rings. The molecule has 1 aromatic carbocycles. The van der Waals surface area contributed by atoms with Gasteiger partial charge in [-0.3, -0.25) is 10.1 Å². The van der Waals surface area contributed by atoms with Gasteiger partial charge in [0.1, 0.15) is 5.82 Å². The lowest BCUT2D eigenvalue weighted by molar-refractivity contribution is 0.935. The van der Waals surface area contributed by atoms with E-state index in [1.165, 1.54) is 12.8 Å². The van der Waals surface area contributed by atoms with E-state index < -0.39 is 0 Å². The average Bonchev–Trinajstić information content (AvgIpc) is 3.16. The molecule has 2 heterocycles. The van der Waals surface area contributed by atoms with Crippen molar-refractivity contribution in [2.75, 3.05) is 0 Å². The summed E-state index contributed by atoms with van der Waals surface area (Å²) >= 11 is 0. The molecule has 3 aromatic rings. The molecule has 1 N–H and O–H groups in total. The molecule has 4 rings (SSSR count). The summed E-state index contributed by atoms with van der Waals surface area (Å²) in [6.07, 6.45) is 4.27. The minimum Gasteiger partial charge on any atom is -0.262 e. The molecule has 18 heavy (non-hydrogen) atoms. The number of nitrogens with zero attached hydrogens (tertiary/aromatic N) is 3. The van der Waals surface area contributed by atoms with Gasteiger partial charge in [0.25, 0.3) is 0 Å². The quantitative estimate of drug-likeness (QED) is 0.744. The lowest BCUT2D eigenvalue weighted by Crippen LogP contribution is -1.86. The lowest BCUT2D eigenvalue weighted by Gasteiger charge is -2.01.